The average molecular weight is 408 g/mol. The van der Waals surface area contributed by atoms with Crippen molar-refractivity contribution in [3.05, 3.63) is 57.6 Å². The largest absolute Gasteiger partial charge is 0.411 e. The van der Waals surface area contributed by atoms with E-state index in [2.05, 4.69) is 21.6 Å². The summed E-state index contributed by atoms with van der Waals surface area (Å²) in [4.78, 5) is 12.1. The molecule has 3 aromatic rings. The molecule has 0 unspecified atom stereocenters. The SMILES string of the molecule is Cc1cc(C)cc(-c2nnc(SCC(=O)Nc3cccc(Cl)c3Cl)o2)c1. The van der Waals surface area contributed by atoms with Crippen molar-refractivity contribution in [2.45, 2.75) is 19.1 Å². The number of carbonyl (C=O) groups is 1. The monoisotopic (exact) mass is 407 g/mol. The van der Waals surface area contributed by atoms with E-state index in [0.717, 1.165) is 28.5 Å². The molecule has 0 aliphatic carbocycles. The molecule has 0 aliphatic heterocycles. The van der Waals surface area contributed by atoms with Crippen molar-refractivity contribution in [1.82, 2.24) is 10.2 Å². The van der Waals surface area contributed by atoms with Crippen LogP contribution in [0.5, 0.6) is 0 Å². The highest BCUT2D eigenvalue weighted by atomic mass is 35.5. The fraction of sp³-hybridized carbons (Fsp3) is 0.167. The fourth-order valence-corrected chi connectivity index (χ4v) is 3.31. The molecule has 26 heavy (non-hydrogen) atoms. The minimum absolute atomic E-state index is 0.108. The van der Waals surface area contributed by atoms with Crippen LogP contribution < -0.4 is 5.32 Å². The van der Waals surface area contributed by atoms with Gasteiger partial charge in [-0.25, -0.2) is 0 Å². The van der Waals surface area contributed by atoms with E-state index >= 15 is 0 Å². The number of carbonyl (C=O) groups excluding carboxylic acids is 1. The van der Waals surface area contributed by atoms with Crippen LogP contribution in [0.15, 0.2) is 46.0 Å². The number of benzene rings is 2. The third-order valence-corrected chi connectivity index (χ3v) is 5.06. The zero-order valence-electron chi connectivity index (χ0n) is 14.0. The maximum atomic E-state index is 12.1. The highest BCUT2D eigenvalue weighted by Crippen LogP contribution is 2.30. The number of anilines is 1. The van der Waals surface area contributed by atoms with Crippen LogP contribution in [-0.4, -0.2) is 21.9 Å². The summed E-state index contributed by atoms with van der Waals surface area (Å²) in [6.45, 7) is 4.02. The molecule has 0 spiro atoms. The Morgan fingerprint density at radius 3 is 2.62 bits per heavy atom. The van der Waals surface area contributed by atoms with Gasteiger partial charge >= 0.3 is 0 Å². The molecule has 134 valence electrons. The van der Waals surface area contributed by atoms with E-state index in [1.165, 1.54) is 0 Å². The number of nitrogens with zero attached hydrogens (tertiary/aromatic N) is 2. The summed E-state index contributed by atoms with van der Waals surface area (Å²) >= 11 is 13.1. The maximum absolute atomic E-state index is 12.1. The molecule has 8 heteroatoms. The summed E-state index contributed by atoms with van der Waals surface area (Å²) in [5.74, 6) is 0.292. The molecular weight excluding hydrogens is 393 g/mol. The van der Waals surface area contributed by atoms with E-state index in [1.807, 2.05) is 26.0 Å². The molecule has 0 saturated carbocycles. The lowest BCUT2D eigenvalue weighted by molar-refractivity contribution is -0.113. The number of aromatic nitrogens is 2. The van der Waals surface area contributed by atoms with Gasteiger partial charge in [0, 0.05) is 5.56 Å². The summed E-state index contributed by atoms with van der Waals surface area (Å²) in [6, 6.07) is 11.1. The van der Waals surface area contributed by atoms with E-state index in [-0.39, 0.29) is 11.7 Å². The molecule has 1 N–H and O–H groups in total. The highest BCUT2D eigenvalue weighted by Gasteiger charge is 2.13. The van der Waals surface area contributed by atoms with Crippen LogP contribution >= 0.6 is 35.0 Å². The van der Waals surface area contributed by atoms with Crippen molar-refractivity contribution in [2.75, 3.05) is 11.1 Å². The fourth-order valence-electron chi connectivity index (χ4n) is 2.40. The van der Waals surface area contributed by atoms with Crippen LogP contribution in [0.25, 0.3) is 11.5 Å². The van der Waals surface area contributed by atoms with Crippen molar-refractivity contribution < 1.29 is 9.21 Å². The summed E-state index contributed by atoms with van der Waals surface area (Å²) < 4.78 is 5.64. The lowest BCUT2D eigenvalue weighted by Crippen LogP contribution is -2.14. The van der Waals surface area contributed by atoms with Crippen LogP contribution in [0, 0.1) is 13.8 Å². The number of thioether (sulfide) groups is 1. The Kier molecular flexibility index (Phi) is 5.86. The van der Waals surface area contributed by atoms with Crippen molar-refractivity contribution in [3.63, 3.8) is 0 Å². The lowest BCUT2D eigenvalue weighted by Gasteiger charge is -2.07. The standard InChI is InChI=1S/C18H15Cl2N3O2S/c1-10-6-11(2)8-12(7-10)17-22-23-18(25-17)26-9-15(24)21-14-5-3-4-13(19)16(14)20/h3-8H,9H2,1-2H3,(H,21,24). The number of hydrogen-bond acceptors (Lipinski definition) is 5. The Labute approximate surface area is 165 Å². The Bertz CT molecular complexity index is 939. The Morgan fingerprint density at radius 1 is 1.15 bits per heavy atom. The topological polar surface area (TPSA) is 68.0 Å². The molecule has 1 aromatic heterocycles. The molecule has 0 bridgehead atoms. The van der Waals surface area contributed by atoms with Crippen LogP contribution in [0.4, 0.5) is 5.69 Å². The van der Waals surface area contributed by atoms with Gasteiger partial charge in [0.25, 0.3) is 5.22 Å². The van der Waals surface area contributed by atoms with E-state index in [4.69, 9.17) is 27.6 Å². The molecule has 0 radical (unpaired) electrons. The molecule has 0 saturated heterocycles. The normalized spacial score (nSPS) is 10.8. The van der Waals surface area contributed by atoms with Gasteiger partial charge in [-0.3, -0.25) is 4.79 Å². The molecular formula is C18H15Cl2N3O2S. The first kappa shape index (κ1) is 18.8. The quantitative estimate of drug-likeness (QED) is 0.574. The first-order valence-electron chi connectivity index (χ1n) is 7.71. The predicted molar refractivity (Wildman–Crippen MR) is 105 cm³/mol. The Hall–Kier alpha value is -2.02. The molecule has 5 nitrogen and oxygen atoms in total. The molecule has 0 atom stereocenters. The number of aryl methyl sites for hydroxylation is 2. The van der Waals surface area contributed by atoms with Gasteiger partial charge in [0.15, 0.2) is 0 Å². The minimum atomic E-state index is -0.245. The van der Waals surface area contributed by atoms with Gasteiger partial charge < -0.3 is 9.73 Å². The van der Waals surface area contributed by atoms with Crippen molar-refractivity contribution >= 4 is 46.6 Å². The zero-order valence-corrected chi connectivity index (χ0v) is 16.4. The second-order valence-corrected chi connectivity index (χ2v) is 7.40. The number of amides is 1. The van der Waals surface area contributed by atoms with Crippen LogP contribution in [0.2, 0.25) is 10.0 Å². The molecule has 2 aromatic carbocycles. The number of hydrogen-bond donors (Lipinski definition) is 1. The van der Waals surface area contributed by atoms with Crippen molar-refractivity contribution in [1.29, 1.82) is 0 Å². The summed E-state index contributed by atoms with van der Waals surface area (Å²) in [5.41, 5.74) is 3.55. The Morgan fingerprint density at radius 2 is 1.88 bits per heavy atom. The molecule has 0 aliphatic rings. The van der Waals surface area contributed by atoms with Gasteiger partial charge in [0.2, 0.25) is 11.8 Å². The van der Waals surface area contributed by atoms with Crippen molar-refractivity contribution in [3.8, 4) is 11.5 Å². The van der Waals surface area contributed by atoms with Gasteiger partial charge in [0.05, 0.1) is 21.5 Å². The second-order valence-electron chi connectivity index (χ2n) is 5.69. The van der Waals surface area contributed by atoms with E-state index in [1.54, 1.807) is 18.2 Å². The number of halogens is 2. The summed E-state index contributed by atoms with van der Waals surface area (Å²) in [6.07, 6.45) is 0. The highest BCUT2D eigenvalue weighted by molar-refractivity contribution is 7.99. The predicted octanol–water partition coefficient (Wildman–Crippen LogP) is 5.39. The van der Waals surface area contributed by atoms with E-state index in [0.29, 0.717) is 26.8 Å². The lowest BCUT2D eigenvalue weighted by atomic mass is 10.1. The van der Waals surface area contributed by atoms with Gasteiger partial charge in [-0.1, -0.05) is 58.2 Å². The molecule has 0 fully saturated rings. The van der Waals surface area contributed by atoms with Gasteiger partial charge in [-0.2, -0.15) is 0 Å². The van der Waals surface area contributed by atoms with E-state index in [9.17, 15) is 4.79 Å². The molecule has 3 rings (SSSR count). The van der Waals surface area contributed by atoms with Crippen LogP contribution in [0.1, 0.15) is 11.1 Å². The number of rotatable bonds is 5. The smallest absolute Gasteiger partial charge is 0.277 e. The van der Waals surface area contributed by atoms with Crippen LogP contribution in [0.3, 0.4) is 0 Å². The first-order valence-corrected chi connectivity index (χ1v) is 9.45. The van der Waals surface area contributed by atoms with Crippen LogP contribution in [-0.2, 0) is 4.79 Å². The third kappa shape index (κ3) is 4.58. The minimum Gasteiger partial charge on any atom is -0.411 e. The maximum Gasteiger partial charge on any atom is 0.277 e. The first-order chi connectivity index (χ1) is 12.4. The van der Waals surface area contributed by atoms with E-state index < -0.39 is 0 Å². The molecule has 1 heterocycles. The van der Waals surface area contributed by atoms with Gasteiger partial charge in [-0.15, -0.1) is 10.2 Å². The van der Waals surface area contributed by atoms with Crippen molar-refractivity contribution in [2.24, 2.45) is 0 Å². The average Bonchev–Trinajstić information content (AvgIpc) is 3.05. The third-order valence-electron chi connectivity index (χ3n) is 3.43. The van der Waals surface area contributed by atoms with Gasteiger partial charge in [0.1, 0.15) is 0 Å². The second kappa shape index (κ2) is 8.12. The Balaban J connectivity index is 1.62. The summed E-state index contributed by atoms with van der Waals surface area (Å²) in [7, 11) is 0. The van der Waals surface area contributed by atoms with Gasteiger partial charge in [-0.05, 0) is 38.1 Å². The molecule has 1 amide bonds. The summed E-state index contributed by atoms with van der Waals surface area (Å²) in [5, 5.41) is 11.8. The number of nitrogens with one attached hydrogen (secondary N) is 1. The zero-order chi connectivity index (χ0) is 18.7.